The average Bonchev–Trinajstić information content (AvgIpc) is 2.66. The molecule has 2 nitrogen and oxygen atoms in total. The van der Waals surface area contributed by atoms with E-state index >= 15 is 0 Å². The van der Waals surface area contributed by atoms with Crippen LogP contribution in [0.25, 0.3) is 0 Å². The first-order valence-electron chi connectivity index (χ1n) is 4.50. The van der Waals surface area contributed by atoms with Crippen molar-refractivity contribution in [2.24, 2.45) is 5.92 Å². The molecular weight excluding hydrogens is 150 g/mol. The van der Waals surface area contributed by atoms with Crippen molar-refractivity contribution in [1.29, 1.82) is 0 Å². The van der Waals surface area contributed by atoms with E-state index in [1.807, 2.05) is 20.0 Å². The van der Waals surface area contributed by atoms with E-state index in [1.54, 1.807) is 0 Å². The number of fused-ring (bicyclic) bond motifs is 1. The number of nitrogens with one attached hydrogen (secondary N) is 1. The molecule has 1 saturated heterocycles. The summed E-state index contributed by atoms with van der Waals surface area (Å²) in [5.41, 5.74) is 1.38. The van der Waals surface area contributed by atoms with Crippen LogP contribution in [0.1, 0.15) is 13.8 Å². The quantitative estimate of drug-likeness (QED) is 0.635. The molecule has 1 saturated carbocycles. The van der Waals surface area contributed by atoms with Crippen LogP contribution in [-0.2, 0) is 4.74 Å². The smallest absolute Gasteiger partial charge is 0.123 e. The maximum absolute atomic E-state index is 5.72. The molecular formula is C10H15NO. The van der Waals surface area contributed by atoms with Gasteiger partial charge in [0.15, 0.2) is 0 Å². The molecule has 3 atom stereocenters. The minimum Gasteiger partial charge on any atom is -0.488 e. The molecule has 1 N–H and O–H groups in total. The summed E-state index contributed by atoms with van der Waals surface area (Å²) in [6, 6.07) is 0.555. The molecule has 0 bridgehead atoms. The monoisotopic (exact) mass is 165 g/mol. The molecule has 0 spiro atoms. The van der Waals surface area contributed by atoms with Gasteiger partial charge in [0.1, 0.15) is 11.9 Å². The third-order valence-corrected chi connectivity index (χ3v) is 2.77. The highest BCUT2D eigenvalue weighted by Crippen LogP contribution is 2.51. The van der Waals surface area contributed by atoms with Crippen molar-refractivity contribution in [3.05, 3.63) is 23.5 Å². The van der Waals surface area contributed by atoms with Crippen LogP contribution in [0.2, 0.25) is 0 Å². The summed E-state index contributed by atoms with van der Waals surface area (Å²) < 4.78 is 5.72. The lowest BCUT2D eigenvalue weighted by Crippen LogP contribution is -2.17. The largest absolute Gasteiger partial charge is 0.488 e. The molecule has 1 aliphatic heterocycles. The lowest BCUT2D eigenvalue weighted by molar-refractivity contribution is 0.214. The summed E-state index contributed by atoms with van der Waals surface area (Å²) in [7, 11) is 2.00. The van der Waals surface area contributed by atoms with E-state index in [4.69, 9.17) is 4.74 Å². The number of hydrogen-bond acceptors (Lipinski definition) is 2. The molecule has 2 heteroatoms. The highest BCUT2D eigenvalue weighted by molar-refractivity contribution is 5.42. The maximum atomic E-state index is 5.72. The van der Waals surface area contributed by atoms with E-state index in [0.29, 0.717) is 18.1 Å². The van der Waals surface area contributed by atoms with Crippen LogP contribution >= 0.6 is 0 Å². The summed E-state index contributed by atoms with van der Waals surface area (Å²) in [5, 5.41) is 3.26. The van der Waals surface area contributed by atoms with Crippen molar-refractivity contribution in [2.75, 3.05) is 7.05 Å². The predicted molar refractivity (Wildman–Crippen MR) is 48.7 cm³/mol. The van der Waals surface area contributed by atoms with Crippen molar-refractivity contribution in [1.82, 2.24) is 5.32 Å². The van der Waals surface area contributed by atoms with Crippen molar-refractivity contribution in [3.8, 4) is 0 Å². The number of rotatable bonds is 1. The summed E-state index contributed by atoms with van der Waals surface area (Å²) in [5.74, 6) is 1.70. The lowest BCUT2D eigenvalue weighted by Gasteiger charge is -2.08. The molecule has 2 fully saturated rings. The minimum atomic E-state index is 0.410. The van der Waals surface area contributed by atoms with E-state index in [0.717, 1.165) is 5.76 Å². The zero-order valence-corrected chi connectivity index (χ0v) is 7.79. The molecule has 1 heterocycles. The van der Waals surface area contributed by atoms with Gasteiger partial charge in [-0.2, -0.15) is 0 Å². The highest BCUT2D eigenvalue weighted by atomic mass is 16.5. The third-order valence-electron chi connectivity index (χ3n) is 2.77. The Balaban J connectivity index is 2.19. The molecule has 2 aliphatic rings. The van der Waals surface area contributed by atoms with Crippen LogP contribution in [0.3, 0.4) is 0 Å². The Morgan fingerprint density at radius 2 is 2.08 bits per heavy atom. The molecule has 66 valence electrons. The summed E-state index contributed by atoms with van der Waals surface area (Å²) in [6.07, 6.45) is 4.62. The Labute approximate surface area is 73.3 Å². The van der Waals surface area contributed by atoms with Gasteiger partial charge in [0.05, 0.1) is 6.04 Å². The van der Waals surface area contributed by atoms with Crippen LogP contribution in [-0.4, -0.2) is 19.2 Å². The summed E-state index contributed by atoms with van der Waals surface area (Å²) >= 11 is 0. The Morgan fingerprint density at radius 1 is 1.33 bits per heavy atom. The topological polar surface area (TPSA) is 21.3 Å². The van der Waals surface area contributed by atoms with Gasteiger partial charge in [0, 0.05) is 5.92 Å². The zero-order valence-electron chi connectivity index (χ0n) is 7.79. The van der Waals surface area contributed by atoms with Gasteiger partial charge < -0.3 is 10.1 Å². The summed E-state index contributed by atoms with van der Waals surface area (Å²) in [4.78, 5) is 0. The van der Waals surface area contributed by atoms with Gasteiger partial charge in [-0.25, -0.2) is 0 Å². The molecule has 0 aromatic heterocycles. The van der Waals surface area contributed by atoms with Crippen LogP contribution in [0, 0.1) is 5.92 Å². The molecule has 1 aliphatic carbocycles. The molecule has 2 rings (SSSR count). The average molecular weight is 165 g/mol. The fourth-order valence-electron chi connectivity index (χ4n) is 2.09. The van der Waals surface area contributed by atoms with Gasteiger partial charge in [0.2, 0.25) is 0 Å². The van der Waals surface area contributed by atoms with E-state index < -0.39 is 0 Å². The minimum absolute atomic E-state index is 0.410. The lowest BCUT2D eigenvalue weighted by atomic mass is 10.1. The van der Waals surface area contributed by atoms with Gasteiger partial charge in [0.25, 0.3) is 0 Å². The number of ether oxygens (including phenoxy) is 1. The number of allylic oxidation sites excluding steroid dienone is 3. The van der Waals surface area contributed by atoms with Crippen LogP contribution in [0.4, 0.5) is 0 Å². The molecule has 0 radical (unpaired) electrons. The standard InChI is InChI=1S/C10H15NO/c1-4-6-7(5-2)12-10-8(6)9(10)11-3/h4-5,8-11H,1-3H3. The van der Waals surface area contributed by atoms with E-state index in [1.165, 1.54) is 5.57 Å². The van der Waals surface area contributed by atoms with Gasteiger partial charge in [-0.3, -0.25) is 0 Å². The first-order chi connectivity index (χ1) is 5.83. The number of likely N-dealkylation sites (N-methyl/N-ethyl adjacent to an activating group) is 1. The Bertz CT molecular complexity index is 255. The second-order valence-corrected chi connectivity index (χ2v) is 3.32. The van der Waals surface area contributed by atoms with Crippen molar-refractivity contribution >= 4 is 0 Å². The fourth-order valence-corrected chi connectivity index (χ4v) is 2.09. The Hall–Kier alpha value is -0.760. The van der Waals surface area contributed by atoms with Crippen LogP contribution < -0.4 is 5.32 Å². The van der Waals surface area contributed by atoms with E-state index in [-0.39, 0.29) is 0 Å². The van der Waals surface area contributed by atoms with E-state index in [2.05, 4.69) is 18.3 Å². The summed E-state index contributed by atoms with van der Waals surface area (Å²) in [6.45, 7) is 4.10. The van der Waals surface area contributed by atoms with Gasteiger partial charge in [-0.05, 0) is 32.5 Å². The molecule has 12 heavy (non-hydrogen) atoms. The van der Waals surface area contributed by atoms with Crippen LogP contribution in [0.15, 0.2) is 23.5 Å². The van der Waals surface area contributed by atoms with Crippen molar-refractivity contribution in [3.63, 3.8) is 0 Å². The zero-order chi connectivity index (χ0) is 8.72. The van der Waals surface area contributed by atoms with Gasteiger partial charge >= 0.3 is 0 Å². The SMILES string of the molecule is CC=C1OC2C(NC)C2C1=CC. The molecule has 0 aromatic carbocycles. The van der Waals surface area contributed by atoms with Gasteiger partial charge in [-0.1, -0.05) is 6.08 Å². The normalized spacial score (nSPS) is 44.8. The number of hydrogen-bond donors (Lipinski definition) is 1. The second-order valence-electron chi connectivity index (χ2n) is 3.32. The highest BCUT2D eigenvalue weighted by Gasteiger charge is 2.59. The molecule has 0 aromatic rings. The first-order valence-corrected chi connectivity index (χ1v) is 4.50. The molecule has 0 amide bonds. The first kappa shape index (κ1) is 7.87. The maximum Gasteiger partial charge on any atom is 0.123 e. The van der Waals surface area contributed by atoms with E-state index in [9.17, 15) is 0 Å². The van der Waals surface area contributed by atoms with Crippen molar-refractivity contribution in [2.45, 2.75) is 26.0 Å². The molecule has 3 unspecified atom stereocenters. The van der Waals surface area contributed by atoms with Gasteiger partial charge in [-0.15, -0.1) is 0 Å². The predicted octanol–water partition coefficient (Wildman–Crippen LogP) is 1.45. The Morgan fingerprint density at radius 3 is 2.58 bits per heavy atom. The Kier molecular flexibility index (Phi) is 1.72. The third kappa shape index (κ3) is 0.845. The van der Waals surface area contributed by atoms with Crippen LogP contribution in [0.5, 0.6) is 0 Å². The second kappa shape index (κ2) is 2.63. The fraction of sp³-hybridized carbons (Fsp3) is 0.600. The van der Waals surface area contributed by atoms with Crippen molar-refractivity contribution < 1.29 is 4.74 Å².